The molecular weight excluding hydrogens is 395 g/mol. The molecule has 2 aromatic carbocycles. The summed E-state index contributed by atoms with van der Waals surface area (Å²) < 4.78 is 45.0. The van der Waals surface area contributed by atoms with Crippen molar-refractivity contribution in [2.75, 3.05) is 33.3 Å². The highest BCUT2D eigenvalue weighted by molar-refractivity contribution is 7.89. The molecule has 0 aromatic heterocycles. The molecule has 1 aliphatic rings. The first-order valence-corrected chi connectivity index (χ1v) is 10.6. The van der Waals surface area contributed by atoms with Crippen LogP contribution in [0.5, 0.6) is 5.75 Å². The molecule has 0 aliphatic carbocycles. The molecule has 6 nitrogen and oxygen atoms in total. The molecule has 0 bridgehead atoms. The van der Waals surface area contributed by atoms with Gasteiger partial charge in [-0.15, -0.1) is 0 Å². The minimum absolute atomic E-state index is 0.0464. The summed E-state index contributed by atoms with van der Waals surface area (Å²) in [5.41, 5.74) is 1.86. The van der Waals surface area contributed by atoms with Crippen LogP contribution in [0, 0.1) is 12.7 Å². The molecular formula is C21H23FN2O4S. The Morgan fingerprint density at radius 3 is 2.34 bits per heavy atom. The van der Waals surface area contributed by atoms with Crippen LogP contribution in [0.2, 0.25) is 0 Å². The Labute approximate surface area is 170 Å². The predicted molar refractivity (Wildman–Crippen MR) is 109 cm³/mol. The molecule has 1 amide bonds. The van der Waals surface area contributed by atoms with Crippen molar-refractivity contribution in [1.82, 2.24) is 9.21 Å². The Morgan fingerprint density at radius 1 is 1.07 bits per heavy atom. The highest BCUT2D eigenvalue weighted by Crippen LogP contribution is 2.22. The van der Waals surface area contributed by atoms with Crippen LogP contribution in [0.25, 0.3) is 6.08 Å². The molecule has 1 saturated heterocycles. The second kappa shape index (κ2) is 8.75. The van der Waals surface area contributed by atoms with Crippen LogP contribution in [0.15, 0.2) is 53.4 Å². The summed E-state index contributed by atoms with van der Waals surface area (Å²) in [5.74, 6) is -0.00126. The average molecular weight is 418 g/mol. The van der Waals surface area contributed by atoms with Gasteiger partial charge in [-0.2, -0.15) is 4.31 Å². The standard InChI is InChI=1S/C21H23FN2O4S/c1-16-3-9-20(28-2)17(15-16)4-10-21(25)23-11-13-24(14-12-23)29(26,27)19-7-5-18(22)6-8-19/h3-10,15H,11-14H2,1-2H3/b10-4+. The zero-order valence-corrected chi connectivity index (χ0v) is 17.2. The number of benzene rings is 2. The van der Waals surface area contributed by atoms with E-state index < -0.39 is 15.8 Å². The van der Waals surface area contributed by atoms with Crippen molar-refractivity contribution in [2.24, 2.45) is 0 Å². The fourth-order valence-corrected chi connectivity index (χ4v) is 4.58. The van der Waals surface area contributed by atoms with Gasteiger partial charge in [-0.25, -0.2) is 12.8 Å². The van der Waals surface area contributed by atoms with Crippen LogP contribution >= 0.6 is 0 Å². The minimum atomic E-state index is -3.70. The lowest BCUT2D eigenvalue weighted by Crippen LogP contribution is -2.50. The summed E-state index contributed by atoms with van der Waals surface area (Å²) in [6.07, 6.45) is 3.18. The summed E-state index contributed by atoms with van der Waals surface area (Å²) in [7, 11) is -2.13. The topological polar surface area (TPSA) is 66.9 Å². The van der Waals surface area contributed by atoms with Gasteiger partial charge in [0.05, 0.1) is 12.0 Å². The first kappa shape index (κ1) is 21.0. The molecule has 29 heavy (non-hydrogen) atoms. The second-order valence-electron chi connectivity index (χ2n) is 6.76. The summed E-state index contributed by atoms with van der Waals surface area (Å²) in [6.45, 7) is 2.91. The fraction of sp³-hybridized carbons (Fsp3) is 0.286. The van der Waals surface area contributed by atoms with Gasteiger partial charge in [-0.05, 0) is 49.4 Å². The van der Waals surface area contributed by atoms with Gasteiger partial charge in [0, 0.05) is 37.8 Å². The van der Waals surface area contributed by atoms with Crippen LogP contribution in [-0.2, 0) is 14.8 Å². The molecule has 0 atom stereocenters. The lowest BCUT2D eigenvalue weighted by molar-refractivity contribution is -0.127. The van der Waals surface area contributed by atoms with E-state index >= 15 is 0 Å². The highest BCUT2D eigenvalue weighted by Gasteiger charge is 2.29. The number of carbonyl (C=O) groups is 1. The Bertz CT molecular complexity index is 1010. The molecule has 2 aromatic rings. The zero-order chi connectivity index (χ0) is 21.0. The van der Waals surface area contributed by atoms with Gasteiger partial charge < -0.3 is 9.64 Å². The van der Waals surface area contributed by atoms with Crippen LogP contribution in [0.1, 0.15) is 11.1 Å². The van der Waals surface area contributed by atoms with E-state index in [1.54, 1.807) is 18.1 Å². The largest absolute Gasteiger partial charge is 0.496 e. The number of piperazine rings is 1. The summed E-state index contributed by atoms with van der Waals surface area (Å²) in [4.78, 5) is 14.2. The number of carbonyl (C=O) groups excluding carboxylic acids is 1. The maximum absolute atomic E-state index is 13.1. The number of aryl methyl sites for hydroxylation is 1. The van der Waals surface area contributed by atoms with Gasteiger partial charge >= 0.3 is 0 Å². The smallest absolute Gasteiger partial charge is 0.246 e. The number of methoxy groups -OCH3 is 1. The molecule has 1 aliphatic heterocycles. The first-order valence-electron chi connectivity index (χ1n) is 9.18. The third kappa shape index (κ3) is 4.83. The van der Waals surface area contributed by atoms with Gasteiger partial charge in [0.15, 0.2) is 0 Å². The number of hydrogen-bond acceptors (Lipinski definition) is 4. The third-order valence-electron chi connectivity index (χ3n) is 4.79. The average Bonchev–Trinajstić information content (AvgIpc) is 2.72. The summed E-state index contributed by atoms with van der Waals surface area (Å²) in [5, 5.41) is 0. The Balaban J connectivity index is 1.64. The third-order valence-corrected chi connectivity index (χ3v) is 6.71. The first-order chi connectivity index (χ1) is 13.8. The van der Waals surface area contributed by atoms with Crippen LogP contribution < -0.4 is 4.74 Å². The maximum Gasteiger partial charge on any atom is 0.246 e. The Hall–Kier alpha value is -2.71. The van der Waals surface area contributed by atoms with E-state index in [9.17, 15) is 17.6 Å². The number of nitrogens with zero attached hydrogens (tertiary/aromatic N) is 2. The van der Waals surface area contributed by atoms with Gasteiger partial charge in [-0.1, -0.05) is 11.6 Å². The van der Waals surface area contributed by atoms with E-state index in [1.165, 1.54) is 22.5 Å². The quantitative estimate of drug-likeness (QED) is 0.701. The number of ether oxygens (including phenoxy) is 1. The van der Waals surface area contributed by atoms with Gasteiger partial charge in [-0.3, -0.25) is 4.79 Å². The lowest BCUT2D eigenvalue weighted by Gasteiger charge is -2.33. The Morgan fingerprint density at radius 2 is 1.72 bits per heavy atom. The highest BCUT2D eigenvalue weighted by atomic mass is 32.2. The zero-order valence-electron chi connectivity index (χ0n) is 16.3. The molecule has 154 valence electrons. The lowest BCUT2D eigenvalue weighted by atomic mass is 10.1. The van der Waals surface area contributed by atoms with Crippen molar-refractivity contribution in [3.8, 4) is 5.75 Å². The molecule has 0 radical (unpaired) electrons. The molecule has 0 N–H and O–H groups in total. The van der Waals surface area contributed by atoms with E-state index in [2.05, 4.69) is 0 Å². The molecule has 0 saturated carbocycles. The number of rotatable bonds is 5. The molecule has 1 heterocycles. The monoisotopic (exact) mass is 418 g/mol. The normalized spacial score (nSPS) is 15.6. The molecule has 0 unspecified atom stereocenters. The van der Waals surface area contributed by atoms with Crippen molar-refractivity contribution in [2.45, 2.75) is 11.8 Å². The van der Waals surface area contributed by atoms with Crippen molar-refractivity contribution in [3.05, 3.63) is 65.5 Å². The summed E-state index contributed by atoms with van der Waals surface area (Å²) >= 11 is 0. The Kier molecular flexibility index (Phi) is 6.34. The molecule has 1 fully saturated rings. The number of hydrogen-bond donors (Lipinski definition) is 0. The van der Waals surface area contributed by atoms with Crippen LogP contribution in [-0.4, -0.2) is 56.8 Å². The van der Waals surface area contributed by atoms with Crippen molar-refractivity contribution < 1.29 is 22.3 Å². The van der Waals surface area contributed by atoms with Crippen molar-refractivity contribution in [1.29, 1.82) is 0 Å². The summed E-state index contributed by atoms with van der Waals surface area (Å²) in [6, 6.07) is 10.4. The van der Waals surface area contributed by atoms with E-state index in [4.69, 9.17) is 4.74 Å². The number of sulfonamides is 1. The van der Waals surface area contributed by atoms with E-state index in [-0.39, 0.29) is 37.0 Å². The van der Waals surface area contributed by atoms with E-state index in [1.807, 2.05) is 25.1 Å². The van der Waals surface area contributed by atoms with Gasteiger partial charge in [0.2, 0.25) is 15.9 Å². The second-order valence-corrected chi connectivity index (χ2v) is 8.70. The SMILES string of the molecule is COc1ccc(C)cc1/C=C/C(=O)N1CCN(S(=O)(=O)c2ccc(F)cc2)CC1. The van der Waals surface area contributed by atoms with Crippen LogP contribution in [0.3, 0.4) is 0 Å². The molecule has 3 rings (SSSR count). The number of amides is 1. The van der Waals surface area contributed by atoms with E-state index in [0.29, 0.717) is 5.75 Å². The minimum Gasteiger partial charge on any atom is -0.496 e. The predicted octanol–water partition coefficient (Wildman–Crippen LogP) is 2.69. The fourth-order valence-electron chi connectivity index (χ4n) is 3.15. The van der Waals surface area contributed by atoms with Gasteiger partial charge in [0.1, 0.15) is 11.6 Å². The van der Waals surface area contributed by atoms with Gasteiger partial charge in [0.25, 0.3) is 0 Å². The van der Waals surface area contributed by atoms with Crippen molar-refractivity contribution in [3.63, 3.8) is 0 Å². The molecule has 0 spiro atoms. The van der Waals surface area contributed by atoms with E-state index in [0.717, 1.165) is 23.3 Å². The molecule has 8 heteroatoms. The van der Waals surface area contributed by atoms with Crippen molar-refractivity contribution >= 4 is 22.0 Å². The maximum atomic E-state index is 13.1. The van der Waals surface area contributed by atoms with Crippen LogP contribution in [0.4, 0.5) is 4.39 Å². The number of halogens is 1.